The Hall–Kier alpha value is -2.51. The minimum absolute atomic E-state index is 0.0169. The van der Waals surface area contributed by atoms with Crippen molar-refractivity contribution in [3.05, 3.63) is 65.7 Å². The largest absolute Gasteiger partial charge is 0.350 e. The van der Waals surface area contributed by atoms with Gasteiger partial charge in [0, 0.05) is 18.4 Å². The van der Waals surface area contributed by atoms with E-state index < -0.39 is 10.0 Å². The van der Waals surface area contributed by atoms with Crippen LogP contribution >= 0.6 is 0 Å². The SMILES string of the molecule is C[C@H](NC(=O)CCC(=O)c1ccccc1)c1ccc(S(N)(=O)=O)cc1. The second-order valence-electron chi connectivity index (χ2n) is 5.69. The standard InChI is InChI=1S/C18H20N2O4S/c1-13(14-7-9-16(10-8-14)25(19,23)24)20-18(22)12-11-17(21)15-5-3-2-4-6-15/h2-10,13H,11-12H2,1H3,(H,20,22)(H2,19,23,24)/t13-/m0/s1. The zero-order valence-electron chi connectivity index (χ0n) is 13.8. The van der Waals surface area contributed by atoms with Crippen molar-refractivity contribution < 1.29 is 18.0 Å². The Kier molecular flexibility index (Phi) is 6.06. The summed E-state index contributed by atoms with van der Waals surface area (Å²) >= 11 is 0. The number of hydrogen-bond donors (Lipinski definition) is 2. The van der Waals surface area contributed by atoms with E-state index in [9.17, 15) is 18.0 Å². The monoisotopic (exact) mass is 360 g/mol. The summed E-state index contributed by atoms with van der Waals surface area (Å²) in [5.74, 6) is -0.326. The van der Waals surface area contributed by atoms with E-state index >= 15 is 0 Å². The van der Waals surface area contributed by atoms with E-state index in [1.807, 2.05) is 6.07 Å². The van der Waals surface area contributed by atoms with Crippen LogP contribution in [-0.2, 0) is 14.8 Å². The third-order valence-corrected chi connectivity index (χ3v) is 4.69. The summed E-state index contributed by atoms with van der Waals surface area (Å²) in [6, 6.07) is 14.5. The Bertz CT molecular complexity index is 846. The summed E-state index contributed by atoms with van der Waals surface area (Å²) < 4.78 is 22.5. The van der Waals surface area contributed by atoms with Crippen LogP contribution in [0.15, 0.2) is 59.5 Å². The lowest BCUT2D eigenvalue weighted by molar-refractivity contribution is -0.121. The third kappa shape index (κ3) is 5.51. The molecule has 0 aliphatic heterocycles. The molecule has 2 rings (SSSR count). The summed E-state index contributed by atoms with van der Waals surface area (Å²) in [7, 11) is -3.74. The van der Waals surface area contributed by atoms with Crippen molar-refractivity contribution in [3.8, 4) is 0 Å². The summed E-state index contributed by atoms with van der Waals surface area (Å²) in [4.78, 5) is 24.0. The molecular weight excluding hydrogens is 340 g/mol. The number of ketones is 1. The first-order valence-corrected chi connectivity index (χ1v) is 9.32. The zero-order valence-corrected chi connectivity index (χ0v) is 14.6. The Balaban J connectivity index is 1.88. The van der Waals surface area contributed by atoms with Crippen molar-refractivity contribution in [1.29, 1.82) is 0 Å². The molecule has 132 valence electrons. The zero-order chi connectivity index (χ0) is 18.4. The van der Waals surface area contributed by atoms with E-state index in [0.717, 1.165) is 5.56 Å². The molecule has 0 saturated heterocycles. The van der Waals surface area contributed by atoms with Gasteiger partial charge in [-0.15, -0.1) is 0 Å². The number of Topliss-reactive ketones (excluding diaryl/α,β-unsaturated/α-hetero) is 1. The molecule has 0 aliphatic carbocycles. The third-order valence-electron chi connectivity index (χ3n) is 3.76. The molecule has 0 heterocycles. The van der Waals surface area contributed by atoms with Crippen molar-refractivity contribution in [2.75, 3.05) is 0 Å². The van der Waals surface area contributed by atoms with Gasteiger partial charge in [0.15, 0.2) is 5.78 Å². The number of benzene rings is 2. The predicted octanol–water partition coefficient (Wildman–Crippen LogP) is 2.17. The van der Waals surface area contributed by atoms with Crippen molar-refractivity contribution in [2.24, 2.45) is 5.14 Å². The number of nitrogens with two attached hydrogens (primary N) is 1. The van der Waals surface area contributed by atoms with E-state index in [2.05, 4.69) is 5.32 Å². The Labute approximate surface area is 147 Å². The van der Waals surface area contributed by atoms with Crippen LogP contribution in [0.1, 0.15) is 41.7 Å². The number of sulfonamides is 1. The number of primary sulfonamides is 1. The summed E-state index contributed by atoms with van der Waals surface area (Å²) in [6.07, 6.45) is 0.222. The molecule has 0 radical (unpaired) electrons. The topological polar surface area (TPSA) is 106 Å². The fraction of sp³-hybridized carbons (Fsp3) is 0.222. The number of carbonyl (C=O) groups excluding carboxylic acids is 2. The van der Waals surface area contributed by atoms with Gasteiger partial charge in [0.1, 0.15) is 0 Å². The highest BCUT2D eigenvalue weighted by molar-refractivity contribution is 7.89. The second kappa shape index (κ2) is 8.04. The van der Waals surface area contributed by atoms with Crippen LogP contribution in [0.3, 0.4) is 0 Å². The van der Waals surface area contributed by atoms with E-state index in [0.29, 0.717) is 5.56 Å². The highest BCUT2D eigenvalue weighted by Crippen LogP contribution is 2.16. The van der Waals surface area contributed by atoms with E-state index in [-0.39, 0.29) is 35.5 Å². The predicted molar refractivity (Wildman–Crippen MR) is 94.4 cm³/mol. The fourth-order valence-electron chi connectivity index (χ4n) is 2.34. The molecule has 25 heavy (non-hydrogen) atoms. The molecule has 0 unspecified atom stereocenters. The molecule has 0 aliphatic rings. The second-order valence-corrected chi connectivity index (χ2v) is 7.25. The molecule has 6 nitrogen and oxygen atoms in total. The van der Waals surface area contributed by atoms with Gasteiger partial charge in [0.2, 0.25) is 15.9 Å². The molecule has 3 N–H and O–H groups in total. The lowest BCUT2D eigenvalue weighted by Crippen LogP contribution is -2.27. The quantitative estimate of drug-likeness (QED) is 0.738. The number of rotatable bonds is 7. The van der Waals surface area contributed by atoms with Gasteiger partial charge in [-0.1, -0.05) is 42.5 Å². The van der Waals surface area contributed by atoms with Gasteiger partial charge in [0.25, 0.3) is 0 Å². The molecule has 0 aromatic heterocycles. The van der Waals surface area contributed by atoms with Crippen LogP contribution in [0.2, 0.25) is 0 Å². The lowest BCUT2D eigenvalue weighted by Gasteiger charge is -2.14. The molecule has 1 amide bonds. The van der Waals surface area contributed by atoms with Crippen LogP contribution < -0.4 is 10.5 Å². The van der Waals surface area contributed by atoms with Crippen LogP contribution in [-0.4, -0.2) is 20.1 Å². The van der Waals surface area contributed by atoms with Crippen LogP contribution in [0, 0.1) is 0 Å². The summed E-state index contributed by atoms with van der Waals surface area (Å²) in [5.41, 5.74) is 1.33. The van der Waals surface area contributed by atoms with Crippen LogP contribution in [0.5, 0.6) is 0 Å². The Morgan fingerprint density at radius 1 is 1.00 bits per heavy atom. The first-order chi connectivity index (χ1) is 11.8. The molecular formula is C18H20N2O4S. The van der Waals surface area contributed by atoms with Gasteiger partial charge in [-0.2, -0.15) is 0 Å². The first kappa shape index (κ1) is 18.8. The minimum Gasteiger partial charge on any atom is -0.350 e. The van der Waals surface area contributed by atoms with Gasteiger partial charge in [-0.05, 0) is 24.6 Å². The van der Waals surface area contributed by atoms with Crippen molar-refractivity contribution in [3.63, 3.8) is 0 Å². The fourth-order valence-corrected chi connectivity index (χ4v) is 2.85. The van der Waals surface area contributed by atoms with Crippen molar-refractivity contribution in [2.45, 2.75) is 30.7 Å². The van der Waals surface area contributed by atoms with Crippen LogP contribution in [0.4, 0.5) is 0 Å². The number of carbonyl (C=O) groups is 2. The Morgan fingerprint density at radius 2 is 1.60 bits per heavy atom. The number of nitrogens with one attached hydrogen (secondary N) is 1. The lowest BCUT2D eigenvalue weighted by atomic mass is 10.1. The smallest absolute Gasteiger partial charge is 0.238 e. The molecule has 2 aromatic carbocycles. The maximum atomic E-state index is 12.0. The molecule has 0 spiro atoms. The van der Waals surface area contributed by atoms with Gasteiger partial charge >= 0.3 is 0 Å². The van der Waals surface area contributed by atoms with Crippen molar-refractivity contribution in [1.82, 2.24) is 5.32 Å². The molecule has 0 fully saturated rings. The van der Waals surface area contributed by atoms with Gasteiger partial charge in [-0.3, -0.25) is 9.59 Å². The molecule has 0 saturated carbocycles. The normalized spacial score (nSPS) is 12.4. The molecule has 2 aromatic rings. The van der Waals surface area contributed by atoms with E-state index in [1.165, 1.54) is 12.1 Å². The minimum atomic E-state index is -3.74. The van der Waals surface area contributed by atoms with E-state index in [4.69, 9.17) is 5.14 Å². The maximum Gasteiger partial charge on any atom is 0.238 e. The molecule has 0 bridgehead atoms. The summed E-state index contributed by atoms with van der Waals surface area (Å²) in [6.45, 7) is 1.78. The van der Waals surface area contributed by atoms with Gasteiger partial charge < -0.3 is 5.32 Å². The van der Waals surface area contributed by atoms with Crippen LogP contribution in [0.25, 0.3) is 0 Å². The number of hydrogen-bond acceptors (Lipinski definition) is 4. The van der Waals surface area contributed by atoms with Gasteiger partial charge in [0.05, 0.1) is 10.9 Å². The maximum absolute atomic E-state index is 12.0. The average Bonchev–Trinajstić information content (AvgIpc) is 2.59. The first-order valence-electron chi connectivity index (χ1n) is 7.78. The number of amides is 1. The highest BCUT2D eigenvalue weighted by Gasteiger charge is 2.13. The Morgan fingerprint density at radius 3 is 2.16 bits per heavy atom. The highest BCUT2D eigenvalue weighted by atomic mass is 32.2. The van der Waals surface area contributed by atoms with Crippen molar-refractivity contribution >= 4 is 21.7 Å². The summed E-state index contributed by atoms with van der Waals surface area (Å²) in [5, 5.41) is 7.84. The molecule has 7 heteroatoms. The van der Waals surface area contributed by atoms with E-state index in [1.54, 1.807) is 43.3 Å². The molecule has 1 atom stereocenters. The van der Waals surface area contributed by atoms with Gasteiger partial charge in [-0.25, -0.2) is 13.6 Å². The average molecular weight is 360 g/mol.